The van der Waals surface area contributed by atoms with Crippen LogP contribution in [0.1, 0.15) is 62.7 Å². The van der Waals surface area contributed by atoms with Crippen LogP contribution in [0.4, 0.5) is 4.39 Å². The van der Waals surface area contributed by atoms with E-state index < -0.39 is 11.7 Å². The molecule has 0 radical (unpaired) electrons. The molecule has 258 valence electrons. The lowest BCUT2D eigenvalue weighted by molar-refractivity contribution is 0.0342. The van der Waals surface area contributed by atoms with E-state index in [2.05, 4.69) is 62.7 Å². The summed E-state index contributed by atoms with van der Waals surface area (Å²) >= 11 is 1.44. The number of ether oxygens (including phenoxy) is 2. The van der Waals surface area contributed by atoms with E-state index in [1.54, 1.807) is 11.4 Å². The molecule has 2 aromatic carbocycles. The molecule has 10 nitrogen and oxygen atoms in total. The van der Waals surface area contributed by atoms with Gasteiger partial charge < -0.3 is 25.0 Å². The van der Waals surface area contributed by atoms with Gasteiger partial charge in [-0.15, -0.1) is 11.3 Å². The van der Waals surface area contributed by atoms with Crippen molar-refractivity contribution in [2.24, 2.45) is 0 Å². The van der Waals surface area contributed by atoms with Crippen molar-refractivity contribution < 1.29 is 23.5 Å². The summed E-state index contributed by atoms with van der Waals surface area (Å²) in [6.07, 6.45) is 3.82. The molecule has 6 rings (SSSR count). The maximum Gasteiger partial charge on any atom is 0.270 e. The Morgan fingerprint density at radius 1 is 1.02 bits per heavy atom. The highest BCUT2D eigenvalue weighted by Gasteiger charge is 2.26. The van der Waals surface area contributed by atoms with Crippen molar-refractivity contribution in [3.63, 3.8) is 0 Å². The van der Waals surface area contributed by atoms with Crippen LogP contribution in [0.3, 0.4) is 0 Å². The zero-order valence-electron chi connectivity index (χ0n) is 28.2. The zero-order chi connectivity index (χ0) is 34.3. The van der Waals surface area contributed by atoms with E-state index >= 15 is 0 Å². The smallest absolute Gasteiger partial charge is 0.270 e. The van der Waals surface area contributed by atoms with E-state index in [0.717, 1.165) is 67.8 Å². The number of benzene rings is 2. The lowest BCUT2D eigenvalue weighted by Gasteiger charge is -2.29. The predicted molar refractivity (Wildman–Crippen MR) is 187 cm³/mol. The van der Waals surface area contributed by atoms with Crippen molar-refractivity contribution in [3.8, 4) is 22.8 Å². The molecule has 2 fully saturated rings. The van der Waals surface area contributed by atoms with E-state index in [1.807, 2.05) is 25.1 Å². The van der Waals surface area contributed by atoms with Gasteiger partial charge in [-0.25, -0.2) is 14.4 Å². The SMILES string of the molecule is Cc1nc(C(=O)NC2CCC(NC(=O)c3cc(F)cnc3Oc3cccc(-c4ccc(CN(C)C)cc4CN4CCOCC4)c3)CC2)cs1. The van der Waals surface area contributed by atoms with Crippen LogP contribution in [0.5, 0.6) is 11.6 Å². The number of carbonyl (C=O) groups excluding carboxylic acids is 2. The standard InChI is InChI=1S/C37H43FN6O4S/c1-24-40-34(23-49-24)36(46)42-30-10-8-29(9-11-30)41-35(45)33-19-28(38)20-39-37(33)48-31-6-4-5-26(18-31)32-12-7-25(21-43(2)3)17-27(32)22-44-13-15-47-16-14-44/h4-7,12,17-20,23,29-30H,8-11,13-16,21-22H2,1-3H3,(H,41,45)(H,42,46). The Hall–Kier alpha value is -4.23. The zero-order valence-corrected chi connectivity index (χ0v) is 29.0. The minimum absolute atomic E-state index is 0.00300. The van der Waals surface area contributed by atoms with Crippen LogP contribution in [-0.2, 0) is 17.8 Å². The number of amides is 2. The number of rotatable bonds is 11. The Labute approximate surface area is 290 Å². The molecule has 1 saturated carbocycles. The number of aromatic nitrogens is 2. The van der Waals surface area contributed by atoms with Crippen LogP contribution in [0.15, 0.2) is 60.1 Å². The van der Waals surface area contributed by atoms with Crippen LogP contribution in [0.2, 0.25) is 0 Å². The maximum atomic E-state index is 14.4. The normalized spacial score (nSPS) is 18.3. The highest BCUT2D eigenvalue weighted by Crippen LogP contribution is 2.32. The Balaban J connectivity index is 1.14. The van der Waals surface area contributed by atoms with Gasteiger partial charge in [-0.05, 0) is 87.2 Å². The summed E-state index contributed by atoms with van der Waals surface area (Å²) in [5, 5.41) is 8.69. The van der Waals surface area contributed by atoms with Gasteiger partial charge in [0.05, 0.1) is 24.4 Å². The quantitative estimate of drug-likeness (QED) is 0.204. The Bertz CT molecular complexity index is 1770. The summed E-state index contributed by atoms with van der Waals surface area (Å²) in [5.74, 6) is -0.728. The second-order valence-electron chi connectivity index (χ2n) is 13.0. The highest BCUT2D eigenvalue weighted by molar-refractivity contribution is 7.09. The second kappa shape index (κ2) is 16.0. The Morgan fingerprint density at radius 2 is 1.76 bits per heavy atom. The first-order valence-corrected chi connectivity index (χ1v) is 17.6. The van der Waals surface area contributed by atoms with Crippen molar-refractivity contribution in [1.29, 1.82) is 0 Å². The molecule has 2 aliphatic rings. The third-order valence-electron chi connectivity index (χ3n) is 8.84. The van der Waals surface area contributed by atoms with Gasteiger partial charge in [0.25, 0.3) is 11.8 Å². The van der Waals surface area contributed by atoms with Crippen LogP contribution in [0, 0.1) is 12.7 Å². The summed E-state index contributed by atoms with van der Waals surface area (Å²) in [6.45, 7) is 6.72. The third kappa shape index (κ3) is 9.27. The predicted octanol–water partition coefficient (Wildman–Crippen LogP) is 5.81. The first-order valence-electron chi connectivity index (χ1n) is 16.7. The van der Waals surface area contributed by atoms with Gasteiger partial charge in [-0.2, -0.15) is 0 Å². The molecule has 0 spiro atoms. The van der Waals surface area contributed by atoms with Crippen LogP contribution >= 0.6 is 11.3 Å². The van der Waals surface area contributed by atoms with Crippen molar-refractivity contribution in [2.75, 3.05) is 40.4 Å². The second-order valence-corrected chi connectivity index (χ2v) is 14.1. The van der Waals surface area contributed by atoms with Crippen LogP contribution < -0.4 is 15.4 Å². The fraction of sp³-hybridized carbons (Fsp3) is 0.405. The first-order chi connectivity index (χ1) is 23.7. The fourth-order valence-corrected chi connectivity index (χ4v) is 7.00. The highest BCUT2D eigenvalue weighted by atomic mass is 32.1. The molecule has 1 saturated heterocycles. The van der Waals surface area contributed by atoms with E-state index in [-0.39, 0.29) is 29.4 Å². The van der Waals surface area contributed by atoms with Crippen molar-refractivity contribution in [2.45, 2.75) is 57.8 Å². The summed E-state index contributed by atoms with van der Waals surface area (Å²) in [7, 11) is 4.12. The molecular weight excluding hydrogens is 644 g/mol. The van der Waals surface area contributed by atoms with E-state index in [0.29, 0.717) is 37.1 Å². The van der Waals surface area contributed by atoms with Gasteiger partial charge >= 0.3 is 0 Å². The minimum atomic E-state index is -0.625. The van der Waals surface area contributed by atoms with E-state index in [9.17, 15) is 14.0 Å². The van der Waals surface area contributed by atoms with Gasteiger partial charge in [0, 0.05) is 43.6 Å². The van der Waals surface area contributed by atoms with Gasteiger partial charge in [0.15, 0.2) is 0 Å². The average Bonchev–Trinajstić information content (AvgIpc) is 3.53. The average molecular weight is 687 g/mol. The molecule has 4 aromatic rings. The number of thiazole rings is 1. The van der Waals surface area contributed by atoms with E-state index in [4.69, 9.17) is 9.47 Å². The molecule has 2 aromatic heterocycles. The van der Waals surface area contributed by atoms with Crippen molar-refractivity contribution in [1.82, 2.24) is 30.4 Å². The number of pyridine rings is 1. The Morgan fingerprint density at radius 3 is 2.45 bits per heavy atom. The first kappa shape index (κ1) is 34.6. The molecule has 2 N–H and O–H groups in total. The molecule has 0 atom stereocenters. The Kier molecular flexibility index (Phi) is 11.3. The van der Waals surface area contributed by atoms with Gasteiger partial charge in [0.2, 0.25) is 5.88 Å². The molecule has 1 aliphatic carbocycles. The van der Waals surface area contributed by atoms with Gasteiger partial charge in [-0.1, -0.05) is 30.3 Å². The van der Waals surface area contributed by atoms with Gasteiger partial charge in [-0.3, -0.25) is 14.5 Å². The summed E-state index contributed by atoms with van der Waals surface area (Å²) in [6, 6.07) is 15.3. The molecule has 3 heterocycles. The maximum absolute atomic E-state index is 14.4. The van der Waals surface area contributed by atoms with Crippen molar-refractivity contribution in [3.05, 3.63) is 93.3 Å². The molecule has 1 aliphatic heterocycles. The molecule has 0 bridgehead atoms. The lowest BCUT2D eigenvalue weighted by atomic mass is 9.91. The third-order valence-corrected chi connectivity index (χ3v) is 9.61. The van der Waals surface area contributed by atoms with Gasteiger partial charge in [0.1, 0.15) is 22.8 Å². The van der Waals surface area contributed by atoms with Crippen molar-refractivity contribution >= 4 is 23.2 Å². The number of hydrogen-bond donors (Lipinski definition) is 2. The summed E-state index contributed by atoms with van der Waals surface area (Å²) < 4.78 is 26.2. The number of nitrogens with one attached hydrogen (secondary N) is 2. The number of hydrogen-bond acceptors (Lipinski definition) is 9. The number of morpholine rings is 1. The fourth-order valence-electron chi connectivity index (χ4n) is 6.40. The summed E-state index contributed by atoms with van der Waals surface area (Å²) in [4.78, 5) is 39.0. The minimum Gasteiger partial charge on any atom is -0.438 e. The number of carbonyl (C=O) groups is 2. The number of halogens is 1. The van der Waals surface area contributed by atoms with Crippen LogP contribution in [0.25, 0.3) is 11.1 Å². The largest absolute Gasteiger partial charge is 0.438 e. The van der Waals surface area contributed by atoms with E-state index in [1.165, 1.54) is 22.5 Å². The number of nitrogens with zero attached hydrogens (tertiary/aromatic N) is 4. The monoisotopic (exact) mass is 686 g/mol. The topological polar surface area (TPSA) is 109 Å². The lowest BCUT2D eigenvalue weighted by Crippen LogP contribution is -2.44. The molecular formula is C37H43FN6O4S. The molecule has 49 heavy (non-hydrogen) atoms. The number of aryl methyl sites for hydroxylation is 1. The van der Waals surface area contributed by atoms with Crippen LogP contribution in [-0.4, -0.2) is 84.1 Å². The molecule has 2 amide bonds. The molecule has 12 heteroatoms. The summed E-state index contributed by atoms with van der Waals surface area (Å²) in [5.41, 5.74) is 4.98. The molecule has 0 unspecified atom stereocenters.